The monoisotopic (exact) mass is 420 g/mol. The lowest BCUT2D eigenvalue weighted by atomic mass is 10.2. The zero-order valence-corrected chi connectivity index (χ0v) is 15.8. The highest BCUT2D eigenvalue weighted by atomic mass is 79.9. The molecule has 25 heavy (non-hydrogen) atoms. The molecule has 2 aromatic carbocycles. The van der Waals surface area contributed by atoms with E-state index in [-0.39, 0.29) is 11.4 Å². The van der Waals surface area contributed by atoms with Crippen molar-refractivity contribution >= 4 is 49.5 Å². The van der Waals surface area contributed by atoms with E-state index in [1.54, 1.807) is 18.2 Å². The molecule has 0 atom stereocenters. The second-order valence-electron chi connectivity index (χ2n) is 5.18. The smallest absolute Gasteiger partial charge is 0.259 e. The molecule has 0 amide bonds. The van der Waals surface area contributed by atoms with Gasteiger partial charge in [0.1, 0.15) is 0 Å². The number of methoxy groups -OCH3 is 2. The fourth-order valence-corrected chi connectivity index (χ4v) is 2.83. The molecule has 5 nitrogen and oxygen atoms in total. The van der Waals surface area contributed by atoms with Crippen LogP contribution in [0.25, 0.3) is 22.0 Å². The number of hydrogen-bond donors (Lipinski definition) is 1. The van der Waals surface area contributed by atoms with Crippen LogP contribution in [0.1, 0.15) is 11.4 Å². The Morgan fingerprint density at radius 1 is 1.16 bits per heavy atom. The minimum absolute atomic E-state index is 0.286. The van der Waals surface area contributed by atoms with Crippen LogP contribution in [0.15, 0.2) is 45.7 Å². The van der Waals surface area contributed by atoms with Crippen LogP contribution in [0.5, 0.6) is 11.5 Å². The van der Waals surface area contributed by atoms with Crippen molar-refractivity contribution in [3.63, 3.8) is 0 Å². The molecule has 0 aliphatic rings. The highest BCUT2D eigenvalue weighted by molar-refractivity contribution is 9.10. The Balaban J connectivity index is 2.10. The number of ether oxygens (including phenoxy) is 2. The largest absolute Gasteiger partial charge is 0.493 e. The molecule has 1 heterocycles. The van der Waals surface area contributed by atoms with Gasteiger partial charge in [-0.3, -0.25) is 4.79 Å². The lowest BCUT2D eigenvalue weighted by molar-refractivity contribution is 0.355. The molecule has 3 aromatic rings. The Bertz CT molecular complexity index is 1010. The minimum Gasteiger partial charge on any atom is -0.493 e. The average molecular weight is 422 g/mol. The maximum absolute atomic E-state index is 12.4. The van der Waals surface area contributed by atoms with E-state index in [9.17, 15) is 4.79 Å². The van der Waals surface area contributed by atoms with Gasteiger partial charge in [-0.25, -0.2) is 4.98 Å². The number of aromatic amines is 1. The van der Waals surface area contributed by atoms with Crippen molar-refractivity contribution in [3.05, 3.63) is 62.6 Å². The molecule has 0 aliphatic heterocycles. The van der Waals surface area contributed by atoms with E-state index in [4.69, 9.17) is 21.1 Å². The summed E-state index contributed by atoms with van der Waals surface area (Å²) < 4.78 is 11.5. The van der Waals surface area contributed by atoms with Crippen LogP contribution in [0, 0.1) is 0 Å². The number of H-pyrrole nitrogens is 1. The van der Waals surface area contributed by atoms with E-state index in [0.717, 1.165) is 10.0 Å². The second kappa shape index (κ2) is 7.29. The first kappa shape index (κ1) is 17.5. The lowest BCUT2D eigenvalue weighted by Crippen LogP contribution is -2.11. The first-order chi connectivity index (χ1) is 12.0. The number of hydrogen-bond acceptors (Lipinski definition) is 4. The van der Waals surface area contributed by atoms with Gasteiger partial charge >= 0.3 is 0 Å². The Kier molecular flexibility index (Phi) is 5.11. The molecule has 0 fully saturated rings. The minimum atomic E-state index is -0.302. The number of nitrogens with zero attached hydrogens (tertiary/aromatic N) is 1. The summed E-state index contributed by atoms with van der Waals surface area (Å²) in [5.74, 6) is 1.24. The fourth-order valence-electron chi connectivity index (χ4n) is 2.35. The van der Waals surface area contributed by atoms with Gasteiger partial charge in [0, 0.05) is 10.5 Å². The van der Waals surface area contributed by atoms with Crippen molar-refractivity contribution in [1.29, 1.82) is 0 Å². The third-order valence-corrected chi connectivity index (χ3v) is 4.42. The summed E-state index contributed by atoms with van der Waals surface area (Å²) in [5, 5.41) is 0.727. The van der Waals surface area contributed by atoms with E-state index in [1.807, 2.05) is 24.3 Å². The highest BCUT2D eigenvalue weighted by Gasteiger charge is 2.12. The predicted octanol–water partition coefficient (Wildman–Crippen LogP) is 4.44. The van der Waals surface area contributed by atoms with Crippen LogP contribution in [-0.4, -0.2) is 24.2 Å². The van der Waals surface area contributed by atoms with Gasteiger partial charge in [-0.15, -0.1) is 0 Å². The van der Waals surface area contributed by atoms with E-state index in [1.165, 1.54) is 14.2 Å². The van der Waals surface area contributed by atoms with Gasteiger partial charge < -0.3 is 14.5 Å². The summed E-state index contributed by atoms with van der Waals surface area (Å²) in [4.78, 5) is 19.5. The molecule has 0 saturated heterocycles. The molecule has 0 spiro atoms. The van der Waals surface area contributed by atoms with Gasteiger partial charge in [-0.05, 0) is 29.8 Å². The third kappa shape index (κ3) is 3.70. The number of fused-ring (bicyclic) bond motifs is 1. The third-order valence-electron chi connectivity index (χ3n) is 3.60. The van der Waals surface area contributed by atoms with Crippen LogP contribution in [-0.2, 0) is 0 Å². The number of rotatable bonds is 4. The van der Waals surface area contributed by atoms with Crippen molar-refractivity contribution < 1.29 is 9.47 Å². The van der Waals surface area contributed by atoms with Crippen molar-refractivity contribution in [1.82, 2.24) is 9.97 Å². The van der Waals surface area contributed by atoms with Crippen LogP contribution in [0.2, 0.25) is 0 Å². The predicted molar refractivity (Wildman–Crippen MR) is 103 cm³/mol. The molecular weight excluding hydrogens is 408 g/mol. The fraction of sp³-hybridized carbons (Fsp3) is 0.111. The van der Waals surface area contributed by atoms with Gasteiger partial charge in [0.25, 0.3) is 5.56 Å². The van der Waals surface area contributed by atoms with Crippen LogP contribution < -0.4 is 15.0 Å². The normalized spacial score (nSPS) is 11.6. The van der Waals surface area contributed by atoms with Crippen molar-refractivity contribution in [2.75, 3.05) is 14.2 Å². The average Bonchev–Trinajstić information content (AvgIpc) is 2.62. The zero-order chi connectivity index (χ0) is 18.0. The zero-order valence-electron chi connectivity index (χ0n) is 13.5. The SMILES string of the molecule is COc1cc2nc(/C(Cl)=C/c3ccc(Br)cc3)[nH]c(=O)c2cc1OC. The number of aromatic nitrogens is 2. The highest BCUT2D eigenvalue weighted by Crippen LogP contribution is 2.30. The van der Waals surface area contributed by atoms with Crippen LogP contribution in [0.4, 0.5) is 0 Å². The first-order valence-corrected chi connectivity index (χ1v) is 8.48. The summed E-state index contributed by atoms with van der Waals surface area (Å²) in [7, 11) is 3.04. The quantitative estimate of drug-likeness (QED) is 0.676. The molecule has 0 saturated carbocycles. The maximum atomic E-state index is 12.4. The van der Waals surface area contributed by atoms with Crippen molar-refractivity contribution in [3.8, 4) is 11.5 Å². The number of halogens is 2. The topological polar surface area (TPSA) is 64.2 Å². The molecule has 3 rings (SSSR count). The van der Waals surface area contributed by atoms with E-state index >= 15 is 0 Å². The molecule has 0 aliphatic carbocycles. The summed E-state index contributed by atoms with van der Waals surface area (Å²) in [6, 6.07) is 10.9. The molecule has 0 unspecified atom stereocenters. The van der Waals surface area contributed by atoms with E-state index in [0.29, 0.717) is 27.4 Å². The standard InChI is InChI=1S/C18H14BrClN2O3/c1-24-15-8-12-14(9-16(15)25-2)21-17(22-18(12)23)13(20)7-10-3-5-11(19)6-4-10/h3-9H,1-2H3,(H,21,22,23)/b13-7-. The van der Waals surface area contributed by atoms with Gasteiger partial charge in [0.05, 0.1) is 30.2 Å². The summed E-state index contributed by atoms with van der Waals surface area (Å²) in [6.07, 6.45) is 1.73. The second-order valence-corrected chi connectivity index (χ2v) is 6.51. The molecule has 7 heteroatoms. The van der Waals surface area contributed by atoms with Gasteiger partial charge in [0.15, 0.2) is 17.3 Å². The Labute approximate surface area is 157 Å². The van der Waals surface area contributed by atoms with Gasteiger partial charge in [0.2, 0.25) is 0 Å². The van der Waals surface area contributed by atoms with Crippen molar-refractivity contribution in [2.24, 2.45) is 0 Å². The summed E-state index contributed by atoms with van der Waals surface area (Å²) in [6.45, 7) is 0. The molecular formula is C18H14BrClN2O3. The van der Waals surface area contributed by atoms with Crippen LogP contribution in [0.3, 0.4) is 0 Å². The first-order valence-electron chi connectivity index (χ1n) is 7.31. The Morgan fingerprint density at radius 2 is 1.80 bits per heavy atom. The van der Waals surface area contributed by atoms with E-state index < -0.39 is 0 Å². The lowest BCUT2D eigenvalue weighted by Gasteiger charge is -2.09. The molecule has 0 radical (unpaired) electrons. The van der Waals surface area contributed by atoms with Gasteiger partial charge in [-0.2, -0.15) is 0 Å². The summed E-state index contributed by atoms with van der Waals surface area (Å²) >= 11 is 9.73. The van der Waals surface area contributed by atoms with Crippen molar-refractivity contribution in [2.45, 2.75) is 0 Å². The van der Waals surface area contributed by atoms with Gasteiger partial charge in [-0.1, -0.05) is 39.7 Å². The maximum Gasteiger partial charge on any atom is 0.259 e. The van der Waals surface area contributed by atoms with Crippen LogP contribution >= 0.6 is 27.5 Å². The number of benzene rings is 2. The molecule has 128 valence electrons. The van der Waals surface area contributed by atoms with E-state index in [2.05, 4.69) is 25.9 Å². The summed E-state index contributed by atoms with van der Waals surface area (Å²) in [5.41, 5.74) is 1.06. The molecule has 1 N–H and O–H groups in total. The Hall–Kier alpha value is -2.31. The molecule has 1 aromatic heterocycles. The number of nitrogens with one attached hydrogen (secondary N) is 1. The Morgan fingerprint density at radius 3 is 2.44 bits per heavy atom. The molecule has 0 bridgehead atoms.